The molecule has 0 unspecified atom stereocenters. The van der Waals surface area contributed by atoms with Crippen molar-refractivity contribution in [3.8, 4) is 0 Å². The van der Waals surface area contributed by atoms with Gasteiger partial charge in [-0.2, -0.15) is 0 Å². The molecule has 1 saturated heterocycles. The predicted molar refractivity (Wildman–Crippen MR) is 151 cm³/mol. The number of ether oxygens (including phenoxy) is 2. The van der Waals surface area contributed by atoms with Gasteiger partial charge in [0.1, 0.15) is 17.9 Å². The molecule has 1 aliphatic heterocycles. The van der Waals surface area contributed by atoms with E-state index in [9.17, 15) is 9.90 Å². The first kappa shape index (κ1) is 28.0. The smallest absolute Gasteiger partial charge is 0.326 e. The molecule has 1 fully saturated rings. The van der Waals surface area contributed by atoms with Gasteiger partial charge < -0.3 is 14.6 Å². The summed E-state index contributed by atoms with van der Waals surface area (Å²) in [6.45, 7) is 11.8. The zero-order valence-electron chi connectivity index (χ0n) is 23.4. The Morgan fingerprint density at radius 1 is 0.842 bits per heavy atom. The number of aliphatic hydroxyl groups is 1. The summed E-state index contributed by atoms with van der Waals surface area (Å²) >= 11 is 0. The number of nitrogens with zero attached hydrogens (tertiary/aromatic N) is 1. The van der Waals surface area contributed by atoms with Crippen molar-refractivity contribution in [1.29, 1.82) is 0 Å². The van der Waals surface area contributed by atoms with Gasteiger partial charge >= 0.3 is 5.97 Å². The minimum Gasteiger partial charge on any atom is -0.459 e. The Morgan fingerprint density at radius 3 is 1.76 bits per heavy atom. The normalized spacial score (nSPS) is 20.3. The van der Waals surface area contributed by atoms with Crippen LogP contribution >= 0.6 is 0 Å². The molecule has 4 atom stereocenters. The Balaban J connectivity index is 1.90. The van der Waals surface area contributed by atoms with Gasteiger partial charge in [-0.05, 0) is 42.9 Å². The average molecular weight is 516 g/mol. The molecule has 0 amide bonds. The molecule has 3 aromatic carbocycles. The molecule has 5 heteroatoms. The summed E-state index contributed by atoms with van der Waals surface area (Å²) in [5.74, 6) is -0.639. The predicted octanol–water partition coefficient (Wildman–Crippen LogP) is 6.34. The molecule has 0 spiro atoms. The fourth-order valence-electron chi connectivity index (χ4n) is 5.20. The average Bonchev–Trinajstić information content (AvgIpc) is 3.28. The van der Waals surface area contributed by atoms with Gasteiger partial charge in [0, 0.05) is 5.92 Å². The van der Waals surface area contributed by atoms with Crippen molar-refractivity contribution in [3.05, 3.63) is 108 Å². The van der Waals surface area contributed by atoms with Crippen LogP contribution in [0.25, 0.3) is 0 Å². The second-order valence-electron chi connectivity index (χ2n) is 12.2. The molecule has 0 radical (unpaired) electrons. The lowest BCUT2D eigenvalue weighted by Crippen LogP contribution is -2.58. The number of hydrogen-bond acceptors (Lipinski definition) is 5. The van der Waals surface area contributed by atoms with Crippen LogP contribution in [0.5, 0.6) is 0 Å². The Kier molecular flexibility index (Phi) is 8.41. The summed E-state index contributed by atoms with van der Waals surface area (Å²) in [6, 6.07) is 29.4. The van der Waals surface area contributed by atoms with E-state index in [1.807, 2.05) is 96.1 Å². The van der Waals surface area contributed by atoms with Gasteiger partial charge in [-0.15, -0.1) is 0 Å². The second kappa shape index (κ2) is 11.4. The highest BCUT2D eigenvalue weighted by atomic mass is 16.6. The summed E-state index contributed by atoms with van der Waals surface area (Å²) in [7, 11) is 0. The highest BCUT2D eigenvalue weighted by Gasteiger charge is 2.52. The molecule has 1 aliphatic rings. The van der Waals surface area contributed by atoms with Crippen molar-refractivity contribution < 1.29 is 19.4 Å². The van der Waals surface area contributed by atoms with E-state index in [-0.39, 0.29) is 12.0 Å². The van der Waals surface area contributed by atoms with Gasteiger partial charge in [-0.1, -0.05) is 112 Å². The van der Waals surface area contributed by atoms with E-state index in [1.165, 1.54) is 0 Å². The van der Waals surface area contributed by atoms with E-state index in [2.05, 4.69) is 41.3 Å². The molecule has 1 N–H and O–H groups in total. The number of esters is 1. The minimum atomic E-state index is -1.00. The van der Waals surface area contributed by atoms with Crippen LogP contribution in [0, 0.1) is 5.41 Å². The molecule has 38 heavy (non-hydrogen) atoms. The minimum absolute atomic E-state index is 0.191. The number of benzene rings is 3. The van der Waals surface area contributed by atoms with Crippen molar-refractivity contribution in [2.75, 3.05) is 6.61 Å². The monoisotopic (exact) mass is 515 g/mol. The molecular formula is C33H41NO4. The molecule has 5 nitrogen and oxygen atoms in total. The van der Waals surface area contributed by atoms with E-state index in [0.717, 1.165) is 16.7 Å². The van der Waals surface area contributed by atoms with Crippen molar-refractivity contribution in [2.24, 2.45) is 5.41 Å². The molecule has 0 saturated carbocycles. The number of carbonyl (C=O) groups excluding carboxylic acids is 1. The van der Waals surface area contributed by atoms with E-state index < -0.39 is 35.4 Å². The highest BCUT2D eigenvalue weighted by Crippen LogP contribution is 2.44. The first-order chi connectivity index (χ1) is 18.0. The van der Waals surface area contributed by atoms with Gasteiger partial charge in [0.2, 0.25) is 0 Å². The van der Waals surface area contributed by atoms with E-state index >= 15 is 0 Å². The van der Waals surface area contributed by atoms with Crippen LogP contribution in [0.1, 0.15) is 70.2 Å². The Morgan fingerprint density at radius 2 is 1.32 bits per heavy atom. The van der Waals surface area contributed by atoms with Crippen molar-refractivity contribution >= 4 is 5.97 Å². The first-order valence-corrected chi connectivity index (χ1v) is 13.4. The zero-order chi connectivity index (χ0) is 27.5. The van der Waals surface area contributed by atoms with Gasteiger partial charge in [-0.25, -0.2) is 0 Å². The van der Waals surface area contributed by atoms with Crippen LogP contribution in [0.15, 0.2) is 91.0 Å². The highest BCUT2D eigenvalue weighted by molar-refractivity contribution is 5.77. The summed E-state index contributed by atoms with van der Waals surface area (Å²) in [5, 5.41) is 11.8. The van der Waals surface area contributed by atoms with Crippen molar-refractivity contribution in [3.63, 3.8) is 0 Å². The van der Waals surface area contributed by atoms with Crippen LogP contribution in [-0.2, 0) is 14.3 Å². The lowest BCUT2D eigenvalue weighted by atomic mass is 9.82. The number of hydrogen-bond donors (Lipinski definition) is 1. The van der Waals surface area contributed by atoms with Gasteiger partial charge in [0.05, 0.1) is 18.8 Å². The van der Waals surface area contributed by atoms with Crippen LogP contribution < -0.4 is 0 Å². The molecule has 0 aliphatic carbocycles. The molecule has 202 valence electrons. The Labute approximate surface area is 227 Å². The molecule has 4 rings (SSSR count). The third kappa shape index (κ3) is 6.35. The van der Waals surface area contributed by atoms with E-state index in [0.29, 0.717) is 6.61 Å². The summed E-state index contributed by atoms with van der Waals surface area (Å²) < 4.78 is 12.6. The molecule has 0 bridgehead atoms. The van der Waals surface area contributed by atoms with Gasteiger partial charge in [0.15, 0.2) is 0 Å². The fourth-order valence-corrected chi connectivity index (χ4v) is 5.20. The van der Waals surface area contributed by atoms with Crippen molar-refractivity contribution in [2.45, 2.75) is 77.5 Å². The summed E-state index contributed by atoms with van der Waals surface area (Å²) in [5.41, 5.74) is 1.91. The summed E-state index contributed by atoms with van der Waals surface area (Å²) in [4.78, 5) is 16.0. The molecule has 1 heterocycles. The summed E-state index contributed by atoms with van der Waals surface area (Å²) in [6.07, 6.45) is -1.51. The largest absolute Gasteiger partial charge is 0.459 e. The molecular weight excluding hydrogens is 474 g/mol. The molecule has 0 aromatic heterocycles. The van der Waals surface area contributed by atoms with Gasteiger partial charge in [0.25, 0.3) is 0 Å². The second-order valence-corrected chi connectivity index (χ2v) is 12.2. The van der Waals surface area contributed by atoms with Crippen molar-refractivity contribution in [1.82, 2.24) is 4.90 Å². The van der Waals surface area contributed by atoms with Gasteiger partial charge in [-0.3, -0.25) is 9.69 Å². The van der Waals surface area contributed by atoms with E-state index in [1.54, 1.807) is 0 Å². The maximum absolute atomic E-state index is 14.0. The zero-order valence-corrected chi connectivity index (χ0v) is 23.4. The Hall–Kier alpha value is -2.99. The van der Waals surface area contributed by atoms with Crippen LogP contribution in [-0.4, -0.2) is 46.6 Å². The number of rotatable bonds is 7. The Bertz CT molecular complexity index is 1130. The third-order valence-electron chi connectivity index (χ3n) is 7.02. The first-order valence-electron chi connectivity index (χ1n) is 13.4. The number of aliphatic hydroxyl groups excluding tert-OH is 1. The topological polar surface area (TPSA) is 59.0 Å². The van der Waals surface area contributed by atoms with Crippen LogP contribution in [0.2, 0.25) is 0 Å². The third-order valence-corrected chi connectivity index (χ3v) is 7.02. The standard InChI is InChI=1S/C33H41NO4/c1-32(2,3)29(35)28(31(36)38-33(4,5)6)34-26(23-16-10-7-11-17-23)22-37-30(34)27(24-18-12-8-13-19-24)25-20-14-9-15-21-25/h7-21,26-30,35H,22H2,1-6H3/t26-,28+,29-,30+/m0/s1. The quantitative estimate of drug-likeness (QED) is 0.372. The lowest BCUT2D eigenvalue weighted by Gasteiger charge is -2.43. The van der Waals surface area contributed by atoms with Crippen LogP contribution in [0.4, 0.5) is 0 Å². The maximum atomic E-state index is 14.0. The lowest BCUT2D eigenvalue weighted by molar-refractivity contribution is -0.175. The molecule has 3 aromatic rings. The maximum Gasteiger partial charge on any atom is 0.326 e. The number of carbonyl (C=O) groups is 1. The van der Waals surface area contributed by atoms with E-state index in [4.69, 9.17) is 9.47 Å². The fraction of sp³-hybridized carbons (Fsp3) is 0.424. The van der Waals surface area contributed by atoms with Crippen LogP contribution in [0.3, 0.4) is 0 Å². The SMILES string of the molecule is CC(C)(C)OC(=O)[C@@H]([C@H](O)C(C)(C)C)N1[C@@H](C(c2ccccc2)c2ccccc2)OC[C@H]1c1ccccc1.